The van der Waals surface area contributed by atoms with Crippen LogP contribution in [-0.2, 0) is 19.3 Å². The fourth-order valence-corrected chi connectivity index (χ4v) is 4.03. The topological polar surface area (TPSA) is 82.1 Å². The summed E-state index contributed by atoms with van der Waals surface area (Å²) in [6.45, 7) is 2.69. The van der Waals surface area contributed by atoms with Crippen molar-refractivity contribution in [3.63, 3.8) is 0 Å². The lowest BCUT2D eigenvalue weighted by molar-refractivity contribution is -0.139. The molecule has 0 aromatic heterocycles. The largest absolute Gasteiger partial charge is 0.312 e. The average molecular weight is 318 g/mol. The van der Waals surface area contributed by atoms with Crippen LogP contribution < -0.4 is 10.2 Å². The number of nitrogens with one attached hydrogen (secondary N) is 1. The lowest BCUT2D eigenvalue weighted by Crippen LogP contribution is -2.47. The summed E-state index contributed by atoms with van der Waals surface area (Å²) in [7, 11) is 1.66. The molecule has 0 unspecified atom stereocenters. The molecule has 2 aliphatic rings. The Balaban J connectivity index is 2.15. The van der Waals surface area contributed by atoms with Gasteiger partial charge in [0.2, 0.25) is 16.7 Å². The van der Waals surface area contributed by atoms with Crippen LogP contribution in [0.15, 0.2) is 29.4 Å². The molecule has 0 saturated heterocycles. The molecule has 1 aromatic carbocycles. The Morgan fingerprint density at radius 2 is 1.95 bits per heavy atom. The van der Waals surface area contributed by atoms with Gasteiger partial charge in [0.05, 0.1) is 5.69 Å². The molecular formula is C14H14N4O3S. The summed E-state index contributed by atoms with van der Waals surface area (Å²) in [6, 6.07) is 7.25. The normalized spacial score (nSPS) is 22.9. The number of hydrogen-bond donors (Lipinski definition) is 1. The number of anilines is 1. The minimum atomic E-state index is -1.28. The van der Waals surface area contributed by atoms with Crippen LogP contribution in [-0.4, -0.2) is 34.9 Å². The third kappa shape index (κ3) is 1.83. The van der Waals surface area contributed by atoms with Gasteiger partial charge in [-0.15, -0.1) is 5.10 Å². The molecule has 0 bridgehead atoms. The Bertz CT molecular complexity index is 733. The van der Waals surface area contributed by atoms with Crippen molar-refractivity contribution in [1.82, 2.24) is 10.3 Å². The van der Waals surface area contributed by atoms with Crippen LogP contribution in [0.5, 0.6) is 0 Å². The smallest absolute Gasteiger partial charge is 0.270 e. The first-order valence-electron chi connectivity index (χ1n) is 6.61. The molecule has 3 rings (SSSR count). The van der Waals surface area contributed by atoms with Crippen LogP contribution in [0.2, 0.25) is 0 Å². The van der Waals surface area contributed by atoms with E-state index >= 15 is 0 Å². The van der Waals surface area contributed by atoms with E-state index < -0.39 is 4.87 Å². The van der Waals surface area contributed by atoms with Crippen LogP contribution >= 0.6 is 11.8 Å². The van der Waals surface area contributed by atoms with Crippen LogP contribution in [0.3, 0.4) is 0 Å². The zero-order valence-corrected chi connectivity index (χ0v) is 13.1. The first-order chi connectivity index (χ1) is 10.4. The highest BCUT2D eigenvalue weighted by atomic mass is 32.2. The van der Waals surface area contributed by atoms with Crippen molar-refractivity contribution in [3.05, 3.63) is 29.8 Å². The van der Waals surface area contributed by atoms with Gasteiger partial charge in [-0.25, -0.2) is 0 Å². The number of hydrogen-bond acceptors (Lipinski definition) is 5. The van der Waals surface area contributed by atoms with E-state index in [2.05, 4.69) is 10.4 Å². The molecule has 0 saturated carbocycles. The van der Waals surface area contributed by atoms with Gasteiger partial charge in [-0.2, -0.15) is 5.01 Å². The number of carbonyl (C=O) groups is 3. The summed E-state index contributed by atoms with van der Waals surface area (Å²) < 4.78 is 0. The van der Waals surface area contributed by atoms with Crippen molar-refractivity contribution >= 4 is 40.3 Å². The molecule has 8 heteroatoms. The van der Waals surface area contributed by atoms with Gasteiger partial charge in [-0.05, 0) is 17.8 Å². The maximum atomic E-state index is 12.9. The van der Waals surface area contributed by atoms with Crippen LogP contribution in [0.1, 0.15) is 19.4 Å². The van der Waals surface area contributed by atoms with E-state index in [0.717, 1.165) is 22.5 Å². The van der Waals surface area contributed by atoms with Crippen molar-refractivity contribution in [2.24, 2.45) is 5.10 Å². The number of carbonyl (C=O) groups excluding carboxylic acids is 3. The maximum absolute atomic E-state index is 12.9. The molecule has 2 aliphatic heterocycles. The Labute approximate surface area is 131 Å². The predicted octanol–water partition coefficient (Wildman–Crippen LogP) is 0.818. The van der Waals surface area contributed by atoms with E-state index in [4.69, 9.17) is 0 Å². The number of para-hydroxylation sites is 1. The van der Waals surface area contributed by atoms with Gasteiger partial charge in [-0.1, -0.05) is 18.2 Å². The van der Waals surface area contributed by atoms with Gasteiger partial charge in [0.25, 0.3) is 5.91 Å². The summed E-state index contributed by atoms with van der Waals surface area (Å²) in [5.74, 6) is -0.941. The fourth-order valence-electron chi connectivity index (χ4n) is 2.67. The van der Waals surface area contributed by atoms with Crippen molar-refractivity contribution in [2.75, 3.05) is 11.9 Å². The molecule has 3 amide bonds. The standard InChI is InChI=1S/C14H14N4O3S/c1-8(19)15-13-16-18(9(2)20)14(22-13)10-6-4-5-7-11(10)17(3)12(14)21/h4-7H,1-3H3,(H,15,16,19)/t14-/m1/s1. The molecular weight excluding hydrogens is 304 g/mol. The summed E-state index contributed by atoms with van der Waals surface area (Å²) in [6.07, 6.45) is 0. The molecule has 114 valence electrons. The molecule has 7 nitrogen and oxygen atoms in total. The number of amidine groups is 1. The van der Waals surface area contributed by atoms with E-state index in [-0.39, 0.29) is 22.9 Å². The van der Waals surface area contributed by atoms with Crippen molar-refractivity contribution in [2.45, 2.75) is 18.7 Å². The summed E-state index contributed by atoms with van der Waals surface area (Å²) >= 11 is 1.07. The highest BCUT2D eigenvalue weighted by Crippen LogP contribution is 2.53. The van der Waals surface area contributed by atoms with Crippen LogP contribution in [0, 0.1) is 0 Å². The molecule has 2 heterocycles. The van der Waals surface area contributed by atoms with Crippen molar-refractivity contribution in [3.8, 4) is 0 Å². The van der Waals surface area contributed by atoms with Gasteiger partial charge in [0.15, 0.2) is 5.17 Å². The second kappa shape index (κ2) is 4.84. The lowest BCUT2D eigenvalue weighted by atomic mass is 10.1. The van der Waals surface area contributed by atoms with Crippen LogP contribution in [0.25, 0.3) is 0 Å². The van der Waals surface area contributed by atoms with Gasteiger partial charge < -0.3 is 10.2 Å². The second-order valence-electron chi connectivity index (χ2n) is 5.04. The van der Waals surface area contributed by atoms with Gasteiger partial charge in [0.1, 0.15) is 0 Å². The number of fused-ring (bicyclic) bond motifs is 2. The van der Waals surface area contributed by atoms with Gasteiger partial charge in [-0.3, -0.25) is 14.4 Å². The number of rotatable bonds is 0. The average Bonchev–Trinajstić information content (AvgIpc) is 2.93. The molecule has 0 aliphatic carbocycles. The minimum absolute atomic E-state index is 0.237. The number of likely N-dealkylation sites (N-methyl/N-ethyl adjacent to an activating group) is 1. The molecule has 1 aromatic rings. The Morgan fingerprint density at radius 1 is 1.27 bits per heavy atom. The number of amides is 3. The van der Waals surface area contributed by atoms with Crippen molar-refractivity contribution < 1.29 is 14.4 Å². The maximum Gasteiger partial charge on any atom is 0.270 e. The molecule has 1 atom stereocenters. The number of nitrogens with zero attached hydrogens (tertiary/aromatic N) is 3. The van der Waals surface area contributed by atoms with E-state index in [1.54, 1.807) is 13.1 Å². The molecule has 1 N–H and O–H groups in total. The molecule has 0 fully saturated rings. The highest BCUT2D eigenvalue weighted by molar-refractivity contribution is 8.15. The SMILES string of the molecule is CC(=O)NC1=NN(C(C)=O)[C@]2(S1)C(=O)N(C)c1ccccc12. The predicted molar refractivity (Wildman–Crippen MR) is 82.9 cm³/mol. The molecule has 0 radical (unpaired) electrons. The van der Waals surface area contributed by atoms with Gasteiger partial charge >= 0.3 is 0 Å². The van der Waals surface area contributed by atoms with E-state index in [9.17, 15) is 14.4 Å². The monoisotopic (exact) mass is 318 g/mol. The first-order valence-corrected chi connectivity index (χ1v) is 7.43. The Morgan fingerprint density at radius 3 is 2.59 bits per heavy atom. The quantitative estimate of drug-likeness (QED) is 0.768. The minimum Gasteiger partial charge on any atom is -0.312 e. The highest BCUT2D eigenvalue weighted by Gasteiger charge is 2.60. The summed E-state index contributed by atoms with van der Waals surface area (Å²) in [5, 5.41) is 8.07. The summed E-state index contributed by atoms with van der Waals surface area (Å²) in [5.41, 5.74) is 1.41. The zero-order valence-electron chi connectivity index (χ0n) is 12.3. The fraction of sp³-hybridized carbons (Fsp3) is 0.286. The van der Waals surface area contributed by atoms with Crippen LogP contribution in [0.4, 0.5) is 5.69 Å². The van der Waals surface area contributed by atoms with E-state index in [0.29, 0.717) is 5.56 Å². The van der Waals surface area contributed by atoms with Crippen molar-refractivity contribution in [1.29, 1.82) is 0 Å². The third-order valence-electron chi connectivity index (χ3n) is 3.54. The molecule has 22 heavy (non-hydrogen) atoms. The lowest BCUT2D eigenvalue weighted by Gasteiger charge is -2.28. The van der Waals surface area contributed by atoms with Gasteiger partial charge in [0, 0.05) is 26.5 Å². The number of thioether (sulfide) groups is 1. The number of hydrazone groups is 1. The second-order valence-corrected chi connectivity index (χ2v) is 6.23. The number of benzene rings is 1. The Kier molecular flexibility index (Phi) is 3.21. The Hall–Kier alpha value is -2.35. The van der Waals surface area contributed by atoms with E-state index in [1.165, 1.54) is 18.7 Å². The third-order valence-corrected chi connectivity index (χ3v) is 4.78. The molecule has 1 spiro atoms. The zero-order chi connectivity index (χ0) is 16.1. The van der Waals surface area contributed by atoms with E-state index in [1.807, 2.05) is 18.2 Å². The summed E-state index contributed by atoms with van der Waals surface area (Å²) in [4.78, 5) is 36.4. The first kappa shape index (κ1) is 14.6.